The molecule has 1 atom stereocenters. The number of hydrogen-bond donors (Lipinski definition) is 1. The van der Waals surface area contributed by atoms with E-state index in [0.29, 0.717) is 16.5 Å². The molecule has 0 saturated heterocycles. The van der Waals surface area contributed by atoms with Crippen molar-refractivity contribution in [3.8, 4) is 11.5 Å². The van der Waals surface area contributed by atoms with Crippen LogP contribution in [0.1, 0.15) is 30.5 Å². The summed E-state index contributed by atoms with van der Waals surface area (Å²) in [6.45, 7) is 3.07. The lowest BCUT2D eigenvalue weighted by molar-refractivity contribution is 0.354. The summed E-state index contributed by atoms with van der Waals surface area (Å²) in [5, 5.41) is 8.43. The molecule has 1 aromatic carbocycles. The molecule has 1 aromatic heterocycles. The first-order valence-electron chi connectivity index (χ1n) is 6.88. The van der Waals surface area contributed by atoms with Gasteiger partial charge in [0.05, 0.1) is 20.3 Å². The number of nitrogens with one attached hydrogen (secondary N) is 1. The van der Waals surface area contributed by atoms with Crippen LogP contribution in [0, 0.1) is 0 Å². The molecule has 1 heterocycles. The zero-order valence-electron chi connectivity index (χ0n) is 12.5. The van der Waals surface area contributed by atoms with Gasteiger partial charge in [-0.05, 0) is 47.0 Å². The molecule has 0 fully saturated rings. The minimum atomic E-state index is 0.0588. The van der Waals surface area contributed by atoms with Gasteiger partial charge in [0.1, 0.15) is 0 Å². The zero-order valence-corrected chi connectivity index (χ0v) is 14.1. The second-order valence-corrected chi connectivity index (χ2v) is 5.86. The Bertz CT molecular complexity index is 572. The minimum Gasteiger partial charge on any atom is -0.493 e. The molecular weight excluding hydrogens is 306 g/mol. The maximum Gasteiger partial charge on any atom is 0.162 e. The third kappa shape index (κ3) is 3.70. The molecule has 1 N–H and O–H groups in total. The van der Waals surface area contributed by atoms with Crippen molar-refractivity contribution in [3.05, 3.63) is 45.1 Å². The molecule has 0 bridgehead atoms. The largest absolute Gasteiger partial charge is 0.493 e. The van der Waals surface area contributed by atoms with Crippen LogP contribution in [-0.2, 0) is 0 Å². The molecule has 21 heavy (non-hydrogen) atoms. The van der Waals surface area contributed by atoms with Crippen molar-refractivity contribution in [2.45, 2.75) is 19.4 Å². The van der Waals surface area contributed by atoms with Crippen molar-refractivity contribution in [1.82, 2.24) is 5.32 Å². The fourth-order valence-corrected chi connectivity index (χ4v) is 3.18. The number of benzene rings is 1. The van der Waals surface area contributed by atoms with Crippen molar-refractivity contribution in [2.75, 3.05) is 20.8 Å². The smallest absolute Gasteiger partial charge is 0.162 e. The van der Waals surface area contributed by atoms with Crippen LogP contribution in [0.4, 0.5) is 0 Å². The summed E-state index contributed by atoms with van der Waals surface area (Å²) in [5.74, 6) is 1.33. The van der Waals surface area contributed by atoms with Crippen molar-refractivity contribution in [2.24, 2.45) is 0 Å². The Hall–Kier alpha value is -1.23. The van der Waals surface area contributed by atoms with Gasteiger partial charge in [0, 0.05) is 11.1 Å². The van der Waals surface area contributed by atoms with E-state index in [-0.39, 0.29) is 6.04 Å². The van der Waals surface area contributed by atoms with Crippen LogP contribution in [0.5, 0.6) is 11.5 Å². The molecule has 2 aromatic rings. The zero-order chi connectivity index (χ0) is 15.2. The Kier molecular flexibility index (Phi) is 5.91. The first kappa shape index (κ1) is 16.1. The van der Waals surface area contributed by atoms with Gasteiger partial charge in [-0.2, -0.15) is 11.3 Å². The van der Waals surface area contributed by atoms with Gasteiger partial charge in [0.2, 0.25) is 0 Å². The van der Waals surface area contributed by atoms with Crippen LogP contribution in [0.25, 0.3) is 0 Å². The Morgan fingerprint density at radius 3 is 2.52 bits per heavy atom. The van der Waals surface area contributed by atoms with Crippen LogP contribution >= 0.6 is 22.9 Å². The molecule has 0 aliphatic heterocycles. The van der Waals surface area contributed by atoms with Gasteiger partial charge in [-0.1, -0.05) is 18.5 Å². The minimum absolute atomic E-state index is 0.0588. The summed E-state index contributed by atoms with van der Waals surface area (Å²) >= 11 is 8.14. The van der Waals surface area contributed by atoms with Gasteiger partial charge in [-0.25, -0.2) is 0 Å². The Balaban J connectivity index is 2.44. The van der Waals surface area contributed by atoms with E-state index in [1.807, 2.05) is 12.1 Å². The summed E-state index contributed by atoms with van der Waals surface area (Å²) in [6, 6.07) is 5.93. The number of halogens is 1. The number of rotatable bonds is 7. The van der Waals surface area contributed by atoms with Gasteiger partial charge in [-0.3, -0.25) is 0 Å². The molecule has 0 aliphatic rings. The number of methoxy groups -OCH3 is 2. The molecule has 0 spiro atoms. The normalized spacial score (nSPS) is 12.2. The Morgan fingerprint density at radius 1 is 1.24 bits per heavy atom. The summed E-state index contributed by atoms with van der Waals surface area (Å²) in [5.41, 5.74) is 2.21. The highest BCUT2D eigenvalue weighted by Gasteiger charge is 2.20. The first-order chi connectivity index (χ1) is 10.2. The number of ether oxygens (including phenoxy) is 2. The average molecular weight is 326 g/mol. The Labute approximate surface area is 134 Å². The van der Waals surface area contributed by atoms with Gasteiger partial charge in [-0.15, -0.1) is 0 Å². The van der Waals surface area contributed by atoms with Crippen molar-refractivity contribution >= 4 is 22.9 Å². The molecule has 5 heteroatoms. The fourth-order valence-electron chi connectivity index (χ4n) is 2.23. The lowest BCUT2D eigenvalue weighted by Gasteiger charge is -2.21. The van der Waals surface area contributed by atoms with E-state index >= 15 is 0 Å². The van der Waals surface area contributed by atoms with E-state index in [4.69, 9.17) is 21.1 Å². The van der Waals surface area contributed by atoms with Crippen molar-refractivity contribution < 1.29 is 9.47 Å². The topological polar surface area (TPSA) is 30.5 Å². The van der Waals surface area contributed by atoms with E-state index < -0.39 is 0 Å². The molecule has 3 nitrogen and oxygen atoms in total. The number of hydrogen-bond acceptors (Lipinski definition) is 4. The van der Waals surface area contributed by atoms with Crippen LogP contribution in [0.3, 0.4) is 0 Å². The van der Waals surface area contributed by atoms with Crippen LogP contribution in [0.15, 0.2) is 29.0 Å². The summed E-state index contributed by atoms with van der Waals surface area (Å²) in [4.78, 5) is 0. The Morgan fingerprint density at radius 2 is 1.95 bits per heavy atom. The van der Waals surface area contributed by atoms with Gasteiger partial charge in [0.15, 0.2) is 11.5 Å². The standard InChI is InChI=1S/C16H20ClNO2S/c1-4-6-18-16(11-5-7-21-10-11)12-8-14(19-2)15(20-3)9-13(12)17/h5,7-10,16,18H,4,6H2,1-3H3. The van der Waals surface area contributed by atoms with Gasteiger partial charge < -0.3 is 14.8 Å². The van der Waals surface area contributed by atoms with Crippen LogP contribution in [-0.4, -0.2) is 20.8 Å². The van der Waals surface area contributed by atoms with E-state index in [2.05, 4.69) is 29.1 Å². The highest BCUT2D eigenvalue weighted by atomic mass is 35.5. The lowest BCUT2D eigenvalue weighted by Crippen LogP contribution is -2.23. The second kappa shape index (κ2) is 7.69. The third-order valence-corrected chi connectivity index (χ3v) is 4.32. The maximum atomic E-state index is 6.46. The molecule has 0 radical (unpaired) electrons. The van der Waals surface area contributed by atoms with E-state index in [1.54, 1.807) is 25.6 Å². The summed E-state index contributed by atoms with van der Waals surface area (Å²) in [7, 11) is 3.24. The van der Waals surface area contributed by atoms with E-state index in [0.717, 1.165) is 18.5 Å². The third-order valence-electron chi connectivity index (χ3n) is 3.29. The highest BCUT2D eigenvalue weighted by Crippen LogP contribution is 2.38. The highest BCUT2D eigenvalue weighted by molar-refractivity contribution is 7.08. The van der Waals surface area contributed by atoms with E-state index in [9.17, 15) is 0 Å². The second-order valence-electron chi connectivity index (χ2n) is 4.67. The molecule has 0 amide bonds. The van der Waals surface area contributed by atoms with Crippen molar-refractivity contribution in [3.63, 3.8) is 0 Å². The molecule has 114 valence electrons. The predicted octanol–water partition coefficient (Wildman–Crippen LogP) is 4.51. The SMILES string of the molecule is CCCNC(c1ccsc1)c1cc(OC)c(OC)cc1Cl. The summed E-state index contributed by atoms with van der Waals surface area (Å²) in [6.07, 6.45) is 1.06. The van der Waals surface area contributed by atoms with Crippen LogP contribution in [0.2, 0.25) is 5.02 Å². The lowest BCUT2D eigenvalue weighted by atomic mass is 10.0. The van der Waals surface area contributed by atoms with E-state index in [1.165, 1.54) is 5.56 Å². The van der Waals surface area contributed by atoms with Gasteiger partial charge in [0.25, 0.3) is 0 Å². The molecule has 2 rings (SSSR count). The first-order valence-corrected chi connectivity index (χ1v) is 8.20. The van der Waals surface area contributed by atoms with Crippen molar-refractivity contribution in [1.29, 1.82) is 0 Å². The monoisotopic (exact) mass is 325 g/mol. The molecule has 0 saturated carbocycles. The van der Waals surface area contributed by atoms with Gasteiger partial charge >= 0.3 is 0 Å². The predicted molar refractivity (Wildman–Crippen MR) is 89.0 cm³/mol. The quantitative estimate of drug-likeness (QED) is 0.812. The molecular formula is C16H20ClNO2S. The van der Waals surface area contributed by atoms with Crippen LogP contribution < -0.4 is 14.8 Å². The summed E-state index contributed by atoms with van der Waals surface area (Å²) < 4.78 is 10.7. The average Bonchev–Trinajstić information content (AvgIpc) is 3.02. The fraction of sp³-hybridized carbons (Fsp3) is 0.375. The number of thiophene rings is 1. The maximum absolute atomic E-state index is 6.46. The molecule has 0 aliphatic carbocycles. The molecule has 1 unspecified atom stereocenters.